The van der Waals surface area contributed by atoms with Crippen molar-refractivity contribution in [2.45, 2.75) is 12.8 Å². The number of carbonyl (C=O) groups is 2. The van der Waals surface area contributed by atoms with Crippen molar-refractivity contribution in [1.29, 1.82) is 0 Å². The fourth-order valence-corrected chi connectivity index (χ4v) is 3.72. The third-order valence-electron chi connectivity index (χ3n) is 4.50. The van der Waals surface area contributed by atoms with E-state index in [0.717, 1.165) is 8.95 Å². The number of carbonyl (C=O) groups excluding carboxylic acids is 2. The number of nitrogens with zero attached hydrogens (tertiary/aromatic N) is 4. The number of aromatic amines is 2. The smallest absolute Gasteiger partial charge is 0.265 e. The van der Waals surface area contributed by atoms with Crippen molar-refractivity contribution in [3.05, 3.63) is 45.3 Å². The van der Waals surface area contributed by atoms with Crippen LogP contribution in [0.2, 0.25) is 0 Å². The molecule has 32 heavy (non-hydrogen) atoms. The lowest BCUT2D eigenvalue weighted by Crippen LogP contribution is -1.98. The van der Waals surface area contributed by atoms with Crippen LogP contribution in [-0.2, 0) is 9.59 Å². The molecule has 2 amide bonds. The van der Waals surface area contributed by atoms with Crippen LogP contribution in [0.4, 0.5) is 11.4 Å². The molecular weight excluding hydrogens is 548 g/mol. The van der Waals surface area contributed by atoms with E-state index in [1.165, 1.54) is 0 Å². The highest BCUT2D eigenvalue weighted by Crippen LogP contribution is 2.38. The average Bonchev–Trinajstić information content (AvgIpc) is 3.23. The van der Waals surface area contributed by atoms with Crippen LogP contribution < -0.4 is 0 Å². The van der Waals surface area contributed by atoms with Gasteiger partial charge in [0.25, 0.3) is 11.8 Å². The van der Waals surface area contributed by atoms with Crippen molar-refractivity contribution in [1.82, 2.24) is 9.97 Å². The zero-order valence-corrected chi connectivity index (χ0v) is 19.3. The minimum atomic E-state index is -0.656. The molecule has 2 aromatic carbocycles. The molecule has 4 aromatic rings. The second-order valence-corrected chi connectivity index (χ2v) is 8.54. The summed E-state index contributed by atoms with van der Waals surface area (Å²) in [5.74, 6) is -1.75. The van der Waals surface area contributed by atoms with Crippen molar-refractivity contribution in [2.75, 3.05) is 0 Å². The zero-order chi connectivity index (χ0) is 22.8. The van der Waals surface area contributed by atoms with E-state index in [0.29, 0.717) is 21.8 Å². The molecular formula is C20H14Br2N6O4. The second kappa shape index (κ2) is 9.01. The maximum absolute atomic E-state index is 12.0. The summed E-state index contributed by atoms with van der Waals surface area (Å²) in [6.07, 6.45) is -0.473. The van der Waals surface area contributed by atoms with Crippen molar-refractivity contribution in [2.24, 2.45) is 20.5 Å². The molecule has 0 spiro atoms. The molecule has 2 heterocycles. The number of aromatic nitrogens is 2. The minimum absolute atomic E-state index is 0.127. The summed E-state index contributed by atoms with van der Waals surface area (Å²) in [6.45, 7) is 0. The molecule has 0 aliphatic heterocycles. The molecule has 0 saturated carbocycles. The number of rotatable bonds is 5. The molecule has 0 bridgehead atoms. The van der Waals surface area contributed by atoms with E-state index in [9.17, 15) is 19.8 Å². The van der Waals surface area contributed by atoms with Gasteiger partial charge in [0.2, 0.25) is 11.8 Å². The number of aromatic hydroxyl groups is 2. The summed E-state index contributed by atoms with van der Waals surface area (Å²) < 4.78 is 1.55. The Bertz CT molecular complexity index is 1310. The Balaban J connectivity index is 1.40. The summed E-state index contributed by atoms with van der Waals surface area (Å²) in [6, 6.07) is 10.5. The number of amides is 2. The molecule has 12 heteroatoms. The highest BCUT2D eigenvalue weighted by atomic mass is 79.9. The number of fused-ring (bicyclic) bond motifs is 2. The average molecular weight is 562 g/mol. The molecule has 0 unspecified atom stereocenters. The van der Waals surface area contributed by atoms with E-state index in [2.05, 4.69) is 62.3 Å². The van der Waals surface area contributed by atoms with Crippen LogP contribution in [0.5, 0.6) is 11.8 Å². The number of benzene rings is 2. The van der Waals surface area contributed by atoms with E-state index in [1.807, 2.05) is 0 Å². The molecule has 0 atom stereocenters. The number of hydrogen-bond acceptors (Lipinski definition) is 6. The van der Waals surface area contributed by atoms with Crippen LogP contribution in [0.3, 0.4) is 0 Å². The van der Waals surface area contributed by atoms with Crippen LogP contribution >= 0.6 is 31.9 Å². The number of halogens is 2. The number of azo groups is 2. The molecule has 10 nitrogen and oxygen atoms in total. The minimum Gasteiger partial charge on any atom is -0.493 e. The second-order valence-electron chi connectivity index (χ2n) is 6.71. The van der Waals surface area contributed by atoms with Gasteiger partial charge in [0, 0.05) is 32.6 Å². The van der Waals surface area contributed by atoms with E-state index in [4.69, 9.17) is 0 Å². The summed E-state index contributed by atoms with van der Waals surface area (Å²) in [7, 11) is 0. The van der Waals surface area contributed by atoms with Crippen LogP contribution in [0.15, 0.2) is 65.8 Å². The maximum Gasteiger partial charge on any atom is 0.265 e. The van der Waals surface area contributed by atoms with Crippen LogP contribution in [0.1, 0.15) is 12.8 Å². The third-order valence-corrected chi connectivity index (χ3v) is 5.49. The van der Waals surface area contributed by atoms with Gasteiger partial charge in [-0.25, -0.2) is 0 Å². The van der Waals surface area contributed by atoms with Gasteiger partial charge in [-0.1, -0.05) is 31.9 Å². The maximum atomic E-state index is 12.0. The Morgan fingerprint density at radius 3 is 1.56 bits per heavy atom. The van der Waals surface area contributed by atoms with Crippen molar-refractivity contribution < 1.29 is 19.8 Å². The van der Waals surface area contributed by atoms with E-state index >= 15 is 0 Å². The zero-order valence-electron chi connectivity index (χ0n) is 16.1. The number of H-pyrrole nitrogens is 2. The van der Waals surface area contributed by atoms with E-state index < -0.39 is 11.8 Å². The molecule has 0 radical (unpaired) electrons. The normalized spacial score (nSPS) is 11.9. The van der Waals surface area contributed by atoms with Crippen LogP contribution in [0, 0.1) is 0 Å². The molecule has 4 N–H and O–H groups in total. The highest BCUT2D eigenvalue weighted by Gasteiger charge is 2.13. The lowest BCUT2D eigenvalue weighted by atomic mass is 10.2. The Hall–Kier alpha value is -3.38. The Labute approximate surface area is 196 Å². The van der Waals surface area contributed by atoms with Gasteiger partial charge >= 0.3 is 0 Å². The largest absolute Gasteiger partial charge is 0.493 e. The molecule has 2 aromatic heterocycles. The highest BCUT2D eigenvalue weighted by molar-refractivity contribution is 9.10. The fraction of sp³-hybridized carbons (Fsp3) is 0.100. The standard InChI is InChI=1S/C20H14Br2N6O4/c21-9-1-3-13-11(7-9)17(19(31)23-13)27-25-15(29)5-6-16(30)26-28-18-12-8-10(22)2-4-14(12)24-20(18)32/h1-4,7-8,23-24,31-32H,5-6H2. The van der Waals surface area contributed by atoms with Crippen molar-refractivity contribution in [3.63, 3.8) is 0 Å². The van der Waals surface area contributed by atoms with E-state index in [-0.39, 0.29) is 36.0 Å². The first kappa shape index (κ1) is 21.8. The first-order valence-corrected chi connectivity index (χ1v) is 10.8. The lowest BCUT2D eigenvalue weighted by Gasteiger charge is -1.94. The molecule has 162 valence electrons. The SMILES string of the molecule is O=C(CCC(=O)N=Nc1c(O)[nH]c2ccc(Br)cc12)N=Nc1c(O)[nH]c2ccc(Br)cc12. The van der Waals surface area contributed by atoms with Gasteiger partial charge in [-0.05, 0) is 36.4 Å². The first-order chi connectivity index (χ1) is 15.3. The van der Waals surface area contributed by atoms with Gasteiger partial charge < -0.3 is 20.2 Å². The quantitative estimate of drug-likeness (QED) is 0.211. The summed E-state index contributed by atoms with van der Waals surface area (Å²) in [5, 5.41) is 35.9. The van der Waals surface area contributed by atoms with Crippen LogP contribution in [0.25, 0.3) is 21.8 Å². The summed E-state index contributed by atoms with van der Waals surface area (Å²) in [5.41, 5.74) is 1.52. The van der Waals surface area contributed by atoms with Crippen molar-refractivity contribution >= 4 is 76.9 Å². The van der Waals surface area contributed by atoms with Gasteiger partial charge in [0.05, 0.1) is 11.0 Å². The Morgan fingerprint density at radius 1 is 0.750 bits per heavy atom. The fourth-order valence-electron chi connectivity index (χ4n) is 3.00. The van der Waals surface area contributed by atoms with Gasteiger partial charge in [0.1, 0.15) is 0 Å². The molecule has 0 fully saturated rings. The monoisotopic (exact) mass is 560 g/mol. The lowest BCUT2D eigenvalue weighted by molar-refractivity contribution is -0.123. The number of nitrogens with one attached hydrogen (secondary N) is 2. The Morgan fingerprint density at radius 2 is 1.16 bits per heavy atom. The first-order valence-electron chi connectivity index (χ1n) is 9.21. The van der Waals surface area contributed by atoms with Crippen molar-refractivity contribution in [3.8, 4) is 11.8 Å². The molecule has 4 rings (SSSR count). The summed E-state index contributed by atoms with van der Waals surface area (Å²) in [4.78, 5) is 29.5. The van der Waals surface area contributed by atoms with Gasteiger partial charge in [-0.3, -0.25) is 9.59 Å². The van der Waals surface area contributed by atoms with Gasteiger partial charge in [-0.15, -0.1) is 20.5 Å². The predicted molar refractivity (Wildman–Crippen MR) is 124 cm³/mol. The molecule has 0 aliphatic rings. The van der Waals surface area contributed by atoms with Gasteiger partial charge in [-0.2, -0.15) is 0 Å². The Kier molecular flexibility index (Phi) is 6.15. The molecule has 0 aliphatic carbocycles. The van der Waals surface area contributed by atoms with Gasteiger partial charge in [0.15, 0.2) is 11.4 Å². The predicted octanol–water partition coefficient (Wildman–Crippen LogP) is 6.29. The molecule has 0 saturated heterocycles. The topological polar surface area (TPSA) is 156 Å². The number of hydrogen-bond donors (Lipinski definition) is 4. The van der Waals surface area contributed by atoms with Crippen LogP contribution in [-0.4, -0.2) is 32.0 Å². The third kappa shape index (κ3) is 4.60. The summed E-state index contributed by atoms with van der Waals surface area (Å²) >= 11 is 6.67. The van der Waals surface area contributed by atoms with E-state index in [1.54, 1.807) is 36.4 Å².